The standard InChI is InChI=1S/C48H91NO2/c1-5-8-11-14-16-18-20-22-24-26-28-30-32-34-36-39-43-48(50,51-47-42-46-49(4)45-41-38-13-10-7-3)44-40-37-35-33-31-29-27-25-23-21-19-17-15-12-9-6-2/h16-19,22-25,50H,5-15,20-21,26-47H2,1-4H3/b18-16-,19-17-,24-22-,25-23-. The zero-order chi connectivity index (χ0) is 37.2. The van der Waals surface area contributed by atoms with E-state index in [0.717, 1.165) is 51.5 Å². The molecular formula is C48H91NO2. The van der Waals surface area contributed by atoms with E-state index in [-0.39, 0.29) is 0 Å². The molecule has 3 heteroatoms. The number of aliphatic hydroxyl groups is 1. The quantitative estimate of drug-likeness (QED) is 0.0389. The van der Waals surface area contributed by atoms with Crippen LogP contribution in [0.2, 0.25) is 0 Å². The highest BCUT2D eigenvalue weighted by molar-refractivity contribution is 4.93. The fraction of sp³-hybridized carbons (Fsp3) is 0.833. The van der Waals surface area contributed by atoms with Gasteiger partial charge in [-0.05, 0) is 103 Å². The van der Waals surface area contributed by atoms with Gasteiger partial charge in [0, 0.05) is 19.4 Å². The molecule has 0 spiro atoms. The SMILES string of the molecule is CCCCC/C=C\C/C=C\CCCCCCCCC(O)(CCCCCCCC/C=C\C/C=C\CCCCC)OCCCN(C)CCCCCCC. The molecule has 300 valence electrons. The molecule has 0 fully saturated rings. The van der Waals surface area contributed by atoms with Crippen LogP contribution >= 0.6 is 0 Å². The topological polar surface area (TPSA) is 32.7 Å². The number of hydrogen-bond donors (Lipinski definition) is 1. The van der Waals surface area contributed by atoms with E-state index >= 15 is 0 Å². The minimum Gasteiger partial charge on any atom is -0.365 e. The molecule has 0 unspecified atom stereocenters. The maximum absolute atomic E-state index is 11.6. The van der Waals surface area contributed by atoms with Crippen LogP contribution in [0.15, 0.2) is 48.6 Å². The van der Waals surface area contributed by atoms with Crippen LogP contribution in [0.4, 0.5) is 0 Å². The van der Waals surface area contributed by atoms with Crippen molar-refractivity contribution in [2.24, 2.45) is 0 Å². The monoisotopic (exact) mass is 714 g/mol. The Balaban J connectivity index is 4.25. The van der Waals surface area contributed by atoms with Gasteiger partial charge in [-0.2, -0.15) is 0 Å². The lowest BCUT2D eigenvalue weighted by atomic mass is 9.98. The molecule has 51 heavy (non-hydrogen) atoms. The van der Waals surface area contributed by atoms with E-state index < -0.39 is 5.79 Å². The number of rotatable bonds is 41. The van der Waals surface area contributed by atoms with Crippen molar-refractivity contribution >= 4 is 0 Å². The third-order valence-electron chi connectivity index (χ3n) is 10.2. The van der Waals surface area contributed by atoms with Crippen LogP contribution in [0.25, 0.3) is 0 Å². The molecule has 0 radical (unpaired) electrons. The Bertz CT molecular complexity index is 736. The Kier molecular flexibility index (Phi) is 40.6. The van der Waals surface area contributed by atoms with Gasteiger partial charge in [0.1, 0.15) is 0 Å². The predicted octanol–water partition coefficient (Wildman–Crippen LogP) is 15.4. The maximum Gasteiger partial charge on any atom is 0.165 e. The van der Waals surface area contributed by atoms with Crippen molar-refractivity contribution in [3.05, 3.63) is 48.6 Å². The van der Waals surface area contributed by atoms with Crippen molar-refractivity contribution in [1.29, 1.82) is 0 Å². The first-order valence-corrected chi connectivity index (χ1v) is 22.7. The molecule has 0 bridgehead atoms. The molecule has 0 aliphatic rings. The second kappa shape index (κ2) is 41.6. The Hall–Kier alpha value is -1.16. The van der Waals surface area contributed by atoms with Crippen molar-refractivity contribution in [2.45, 2.75) is 232 Å². The number of hydrogen-bond acceptors (Lipinski definition) is 3. The first kappa shape index (κ1) is 49.8. The summed E-state index contributed by atoms with van der Waals surface area (Å²) in [5.74, 6) is -0.941. The van der Waals surface area contributed by atoms with Gasteiger partial charge < -0.3 is 14.7 Å². The Morgan fingerprint density at radius 1 is 0.412 bits per heavy atom. The zero-order valence-corrected chi connectivity index (χ0v) is 35.2. The van der Waals surface area contributed by atoms with Gasteiger partial charge in [-0.1, -0.05) is 172 Å². The lowest BCUT2D eigenvalue weighted by Gasteiger charge is -2.29. The van der Waals surface area contributed by atoms with Gasteiger partial charge in [-0.25, -0.2) is 0 Å². The van der Waals surface area contributed by atoms with Crippen LogP contribution in [-0.2, 0) is 4.74 Å². The fourth-order valence-corrected chi connectivity index (χ4v) is 6.74. The Morgan fingerprint density at radius 3 is 1.20 bits per heavy atom. The molecule has 0 aliphatic carbocycles. The average Bonchev–Trinajstić information content (AvgIpc) is 3.13. The average molecular weight is 714 g/mol. The summed E-state index contributed by atoms with van der Waals surface area (Å²) in [5.41, 5.74) is 0. The molecule has 0 rings (SSSR count). The van der Waals surface area contributed by atoms with Crippen LogP contribution in [0.3, 0.4) is 0 Å². The van der Waals surface area contributed by atoms with Gasteiger partial charge in [0.05, 0.1) is 6.61 Å². The highest BCUT2D eigenvalue weighted by atomic mass is 16.6. The Labute approximate surface area is 321 Å². The molecule has 1 N–H and O–H groups in total. The maximum atomic E-state index is 11.6. The van der Waals surface area contributed by atoms with E-state index in [9.17, 15) is 5.11 Å². The summed E-state index contributed by atoms with van der Waals surface area (Å²) in [4.78, 5) is 2.44. The van der Waals surface area contributed by atoms with E-state index in [4.69, 9.17) is 4.74 Å². The summed E-state index contributed by atoms with van der Waals surface area (Å²) in [6, 6.07) is 0. The molecule has 0 aromatic rings. The molecule has 0 aromatic carbocycles. The molecule has 0 atom stereocenters. The molecule has 0 saturated heterocycles. The van der Waals surface area contributed by atoms with Gasteiger partial charge in [-0.3, -0.25) is 0 Å². The molecular weight excluding hydrogens is 623 g/mol. The van der Waals surface area contributed by atoms with E-state index in [1.54, 1.807) is 0 Å². The summed E-state index contributed by atoms with van der Waals surface area (Å²) in [7, 11) is 2.24. The number of nitrogens with zero attached hydrogens (tertiary/aromatic N) is 1. The highest BCUT2D eigenvalue weighted by Gasteiger charge is 2.26. The first-order chi connectivity index (χ1) is 25.1. The minimum absolute atomic E-state index is 0.668. The highest BCUT2D eigenvalue weighted by Crippen LogP contribution is 2.25. The van der Waals surface area contributed by atoms with Gasteiger partial charge in [0.2, 0.25) is 0 Å². The van der Waals surface area contributed by atoms with E-state index in [1.165, 1.54) is 167 Å². The minimum atomic E-state index is -0.941. The summed E-state index contributed by atoms with van der Waals surface area (Å²) < 4.78 is 6.29. The van der Waals surface area contributed by atoms with Crippen LogP contribution in [0.5, 0.6) is 0 Å². The normalized spacial score (nSPS) is 12.7. The predicted molar refractivity (Wildman–Crippen MR) is 230 cm³/mol. The number of unbranched alkanes of at least 4 members (excludes halogenated alkanes) is 22. The third-order valence-corrected chi connectivity index (χ3v) is 10.2. The largest absolute Gasteiger partial charge is 0.365 e. The lowest BCUT2D eigenvalue weighted by Crippen LogP contribution is -2.33. The zero-order valence-electron chi connectivity index (χ0n) is 35.2. The van der Waals surface area contributed by atoms with Crippen molar-refractivity contribution in [2.75, 3.05) is 26.7 Å². The van der Waals surface area contributed by atoms with Gasteiger partial charge >= 0.3 is 0 Å². The smallest absolute Gasteiger partial charge is 0.165 e. The summed E-state index contributed by atoms with van der Waals surface area (Å²) >= 11 is 0. The Morgan fingerprint density at radius 2 is 0.745 bits per heavy atom. The van der Waals surface area contributed by atoms with Crippen molar-refractivity contribution < 1.29 is 9.84 Å². The van der Waals surface area contributed by atoms with Crippen LogP contribution in [0, 0.1) is 0 Å². The van der Waals surface area contributed by atoms with Crippen LogP contribution < -0.4 is 0 Å². The lowest BCUT2D eigenvalue weighted by molar-refractivity contribution is -0.214. The first-order valence-electron chi connectivity index (χ1n) is 22.7. The molecule has 0 aliphatic heterocycles. The molecule has 0 aromatic heterocycles. The van der Waals surface area contributed by atoms with E-state index in [2.05, 4.69) is 81.3 Å². The van der Waals surface area contributed by atoms with E-state index in [0.29, 0.717) is 6.61 Å². The third kappa shape index (κ3) is 39.9. The summed E-state index contributed by atoms with van der Waals surface area (Å²) in [5, 5.41) is 11.6. The van der Waals surface area contributed by atoms with Crippen LogP contribution in [0.1, 0.15) is 226 Å². The van der Waals surface area contributed by atoms with Crippen molar-refractivity contribution in [1.82, 2.24) is 4.90 Å². The molecule has 0 amide bonds. The molecule has 0 saturated carbocycles. The van der Waals surface area contributed by atoms with Gasteiger partial charge in [0.25, 0.3) is 0 Å². The second-order valence-electron chi connectivity index (χ2n) is 15.5. The van der Waals surface area contributed by atoms with E-state index in [1.807, 2.05) is 0 Å². The number of ether oxygens (including phenoxy) is 1. The summed E-state index contributed by atoms with van der Waals surface area (Å²) in [6.07, 6.45) is 57.9. The number of allylic oxidation sites excluding steroid dienone is 8. The van der Waals surface area contributed by atoms with Crippen molar-refractivity contribution in [3.63, 3.8) is 0 Å². The second-order valence-corrected chi connectivity index (χ2v) is 15.5. The molecule has 3 nitrogen and oxygen atoms in total. The van der Waals surface area contributed by atoms with Crippen molar-refractivity contribution in [3.8, 4) is 0 Å². The fourth-order valence-electron chi connectivity index (χ4n) is 6.74. The molecule has 0 heterocycles. The summed E-state index contributed by atoms with van der Waals surface area (Å²) in [6.45, 7) is 9.71. The van der Waals surface area contributed by atoms with Gasteiger partial charge in [-0.15, -0.1) is 0 Å². The van der Waals surface area contributed by atoms with Crippen LogP contribution in [-0.4, -0.2) is 42.5 Å². The van der Waals surface area contributed by atoms with Gasteiger partial charge in [0.15, 0.2) is 5.79 Å².